The first kappa shape index (κ1) is 12.1. The van der Waals surface area contributed by atoms with E-state index in [9.17, 15) is 5.11 Å². The molecule has 0 saturated heterocycles. The van der Waals surface area contributed by atoms with E-state index in [1.807, 2.05) is 6.92 Å². The molecule has 0 aliphatic rings. The summed E-state index contributed by atoms with van der Waals surface area (Å²) in [5.74, 6) is 0.672. The third kappa shape index (κ3) is 3.57. The number of aryl methyl sites for hydroxylation is 1. The molecule has 0 amide bonds. The molecular formula is C11H18N2O2. The summed E-state index contributed by atoms with van der Waals surface area (Å²) in [4.78, 5) is 8.41. The Balaban J connectivity index is 2.65. The first-order valence-corrected chi connectivity index (χ1v) is 5.23. The van der Waals surface area contributed by atoms with Crippen molar-refractivity contribution in [2.24, 2.45) is 0 Å². The molecule has 4 nitrogen and oxygen atoms in total. The molecule has 1 heterocycles. The van der Waals surface area contributed by atoms with Crippen LogP contribution in [0.5, 0.6) is 0 Å². The Bertz CT molecular complexity index is 313. The van der Waals surface area contributed by atoms with Gasteiger partial charge in [0.25, 0.3) is 0 Å². The zero-order valence-corrected chi connectivity index (χ0v) is 9.53. The summed E-state index contributed by atoms with van der Waals surface area (Å²) in [6.45, 7) is 6.80. The SMILES string of the molecule is CCCOCc1ncc([C@H](C)O)c(C)n1. The predicted molar refractivity (Wildman–Crippen MR) is 57.3 cm³/mol. The van der Waals surface area contributed by atoms with Gasteiger partial charge in [0.15, 0.2) is 5.82 Å². The lowest BCUT2D eigenvalue weighted by atomic mass is 10.1. The number of aliphatic hydroxyl groups excluding tert-OH is 1. The van der Waals surface area contributed by atoms with Crippen molar-refractivity contribution in [1.82, 2.24) is 9.97 Å². The lowest BCUT2D eigenvalue weighted by Gasteiger charge is -2.08. The maximum Gasteiger partial charge on any atom is 0.154 e. The quantitative estimate of drug-likeness (QED) is 0.752. The Kier molecular flexibility index (Phi) is 4.65. The normalized spacial score (nSPS) is 12.8. The first-order valence-electron chi connectivity index (χ1n) is 5.23. The van der Waals surface area contributed by atoms with Gasteiger partial charge in [-0.05, 0) is 20.3 Å². The van der Waals surface area contributed by atoms with E-state index in [-0.39, 0.29) is 0 Å². The van der Waals surface area contributed by atoms with Crippen LogP contribution in [-0.2, 0) is 11.3 Å². The largest absolute Gasteiger partial charge is 0.389 e. The van der Waals surface area contributed by atoms with Gasteiger partial charge in [-0.3, -0.25) is 0 Å². The highest BCUT2D eigenvalue weighted by molar-refractivity contribution is 5.18. The average Bonchev–Trinajstić information content (AvgIpc) is 2.17. The molecule has 0 spiro atoms. The van der Waals surface area contributed by atoms with Crippen LogP contribution in [0, 0.1) is 6.92 Å². The molecule has 0 aromatic carbocycles. The van der Waals surface area contributed by atoms with Crippen molar-refractivity contribution in [3.63, 3.8) is 0 Å². The minimum Gasteiger partial charge on any atom is -0.389 e. The fourth-order valence-corrected chi connectivity index (χ4v) is 1.31. The van der Waals surface area contributed by atoms with Crippen LogP contribution < -0.4 is 0 Å². The summed E-state index contributed by atoms with van der Waals surface area (Å²) >= 11 is 0. The van der Waals surface area contributed by atoms with E-state index in [1.165, 1.54) is 0 Å². The van der Waals surface area contributed by atoms with E-state index in [0.717, 1.165) is 24.3 Å². The summed E-state index contributed by atoms with van der Waals surface area (Å²) in [6, 6.07) is 0. The molecule has 15 heavy (non-hydrogen) atoms. The van der Waals surface area contributed by atoms with Crippen LogP contribution in [0.2, 0.25) is 0 Å². The molecule has 1 rings (SSSR count). The second-order valence-electron chi connectivity index (χ2n) is 3.56. The van der Waals surface area contributed by atoms with Crippen molar-refractivity contribution >= 4 is 0 Å². The number of rotatable bonds is 5. The highest BCUT2D eigenvalue weighted by Gasteiger charge is 2.07. The monoisotopic (exact) mass is 210 g/mol. The molecular weight excluding hydrogens is 192 g/mol. The van der Waals surface area contributed by atoms with Crippen LogP contribution in [0.15, 0.2) is 6.20 Å². The predicted octanol–water partition coefficient (Wildman–Crippen LogP) is 1.76. The van der Waals surface area contributed by atoms with E-state index >= 15 is 0 Å². The molecule has 4 heteroatoms. The Morgan fingerprint density at radius 1 is 1.53 bits per heavy atom. The number of ether oxygens (including phenoxy) is 1. The van der Waals surface area contributed by atoms with E-state index < -0.39 is 6.10 Å². The molecule has 1 aromatic rings. The lowest BCUT2D eigenvalue weighted by Crippen LogP contribution is -2.05. The summed E-state index contributed by atoms with van der Waals surface area (Å²) in [5.41, 5.74) is 1.59. The highest BCUT2D eigenvalue weighted by Crippen LogP contribution is 2.13. The van der Waals surface area contributed by atoms with Crippen LogP contribution in [0.25, 0.3) is 0 Å². The zero-order valence-electron chi connectivity index (χ0n) is 9.53. The highest BCUT2D eigenvalue weighted by atomic mass is 16.5. The van der Waals surface area contributed by atoms with Gasteiger partial charge >= 0.3 is 0 Å². The van der Waals surface area contributed by atoms with Gasteiger partial charge in [0.2, 0.25) is 0 Å². The second kappa shape index (κ2) is 5.78. The van der Waals surface area contributed by atoms with Crippen molar-refractivity contribution < 1.29 is 9.84 Å². The summed E-state index contributed by atoms with van der Waals surface area (Å²) in [6.07, 6.45) is 2.14. The van der Waals surface area contributed by atoms with E-state index in [2.05, 4.69) is 16.9 Å². The third-order valence-corrected chi connectivity index (χ3v) is 2.10. The molecule has 84 valence electrons. The van der Waals surface area contributed by atoms with Crippen LogP contribution in [0.3, 0.4) is 0 Å². The standard InChI is InChI=1S/C11H18N2O2/c1-4-5-15-7-11-12-6-10(9(3)14)8(2)13-11/h6,9,14H,4-5,7H2,1-3H3/t9-/m0/s1. The van der Waals surface area contributed by atoms with Crippen molar-refractivity contribution in [3.05, 3.63) is 23.3 Å². The van der Waals surface area contributed by atoms with Crippen molar-refractivity contribution in [2.45, 2.75) is 39.9 Å². The second-order valence-corrected chi connectivity index (χ2v) is 3.56. The number of aliphatic hydroxyl groups is 1. The maximum absolute atomic E-state index is 9.40. The van der Waals surface area contributed by atoms with Crippen LogP contribution in [0.4, 0.5) is 0 Å². The zero-order chi connectivity index (χ0) is 11.3. The molecule has 0 bridgehead atoms. The van der Waals surface area contributed by atoms with Crippen molar-refractivity contribution in [3.8, 4) is 0 Å². The lowest BCUT2D eigenvalue weighted by molar-refractivity contribution is 0.115. The van der Waals surface area contributed by atoms with Gasteiger partial charge in [0, 0.05) is 24.1 Å². The molecule has 0 aliphatic heterocycles. The van der Waals surface area contributed by atoms with Gasteiger partial charge in [0.05, 0.1) is 6.10 Å². The number of aromatic nitrogens is 2. The topological polar surface area (TPSA) is 55.2 Å². The molecule has 1 N–H and O–H groups in total. The van der Waals surface area contributed by atoms with Crippen LogP contribution in [0.1, 0.15) is 43.5 Å². The smallest absolute Gasteiger partial charge is 0.154 e. The Morgan fingerprint density at radius 3 is 2.80 bits per heavy atom. The van der Waals surface area contributed by atoms with Gasteiger partial charge < -0.3 is 9.84 Å². The minimum atomic E-state index is -0.518. The van der Waals surface area contributed by atoms with E-state index in [1.54, 1.807) is 13.1 Å². The summed E-state index contributed by atoms with van der Waals surface area (Å²) < 4.78 is 5.34. The molecule has 0 radical (unpaired) electrons. The fourth-order valence-electron chi connectivity index (χ4n) is 1.31. The minimum absolute atomic E-state index is 0.439. The van der Waals surface area contributed by atoms with Crippen molar-refractivity contribution in [1.29, 1.82) is 0 Å². The molecule has 0 unspecified atom stereocenters. The summed E-state index contributed by atoms with van der Waals surface area (Å²) in [7, 11) is 0. The number of hydrogen-bond acceptors (Lipinski definition) is 4. The van der Waals surface area contributed by atoms with E-state index in [0.29, 0.717) is 12.4 Å². The van der Waals surface area contributed by atoms with Crippen molar-refractivity contribution in [2.75, 3.05) is 6.61 Å². The van der Waals surface area contributed by atoms with Crippen LogP contribution >= 0.6 is 0 Å². The Labute approximate surface area is 90.3 Å². The molecule has 0 fully saturated rings. The molecule has 0 saturated carbocycles. The third-order valence-electron chi connectivity index (χ3n) is 2.10. The van der Waals surface area contributed by atoms with E-state index in [4.69, 9.17) is 4.74 Å². The Morgan fingerprint density at radius 2 is 2.27 bits per heavy atom. The Hall–Kier alpha value is -1.00. The fraction of sp³-hybridized carbons (Fsp3) is 0.636. The summed E-state index contributed by atoms with van der Waals surface area (Å²) in [5, 5.41) is 9.40. The van der Waals surface area contributed by atoms with Gasteiger partial charge in [0.1, 0.15) is 6.61 Å². The average molecular weight is 210 g/mol. The van der Waals surface area contributed by atoms with Gasteiger partial charge in [-0.25, -0.2) is 9.97 Å². The first-order chi connectivity index (χ1) is 7.15. The van der Waals surface area contributed by atoms with Gasteiger partial charge in [-0.1, -0.05) is 6.92 Å². The molecule has 0 aliphatic carbocycles. The number of hydrogen-bond donors (Lipinski definition) is 1. The van der Waals surface area contributed by atoms with Gasteiger partial charge in [-0.15, -0.1) is 0 Å². The van der Waals surface area contributed by atoms with Crippen LogP contribution in [-0.4, -0.2) is 21.7 Å². The number of nitrogens with zero attached hydrogens (tertiary/aromatic N) is 2. The molecule has 1 atom stereocenters. The maximum atomic E-state index is 9.40. The molecule has 1 aromatic heterocycles. The van der Waals surface area contributed by atoms with Gasteiger partial charge in [-0.2, -0.15) is 0 Å².